The summed E-state index contributed by atoms with van der Waals surface area (Å²) in [4.78, 5) is 15.5. The van der Waals surface area contributed by atoms with E-state index in [2.05, 4.69) is 11.4 Å². The van der Waals surface area contributed by atoms with E-state index < -0.39 is 0 Å². The highest BCUT2D eigenvalue weighted by atomic mass is 32.1. The van der Waals surface area contributed by atoms with E-state index in [9.17, 15) is 10.1 Å². The molecule has 7 heteroatoms. The smallest absolute Gasteiger partial charge is 0.239 e. The summed E-state index contributed by atoms with van der Waals surface area (Å²) in [7, 11) is 0. The van der Waals surface area contributed by atoms with Crippen molar-refractivity contribution < 1.29 is 14.3 Å². The number of nitrogens with zero attached hydrogens (tertiary/aromatic N) is 2. The molecule has 1 N–H and O–H groups in total. The number of aryl methyl sites for hydroxylation is 1. The van der Waals surface area contributed by atoms with Gasteiger partial charge in [0.05, 0.1) is 12.1 Å². The molecule has 1 aromatic heterocycles. The standard InChI is InChI=1S/C19H21N3O3S/c1-4-22(9-14-5-6-16-17(7-14)25-11-24-16)10-18(23)21-19-15(8-20)12(2)13(3)26-19/h5-7H,4,9-11H2,1-3H3,(H,21,23). The number of anilines is 1. The van der Waals surface area contributed by atoms with Gasteiger partial charge < -0.3 is 14.8 Å². The Morgan fingerprint density at radius 1 is 1.35 bits per heavy atom. The average Bonchev–Trinajstić information content (AvgIpc) is 3.18. The third-order valence-electron chi connectivity index (χ3n) is 4.41. The van der Waals surface area contributed by atoms with Crippen molar-refractivity contribution in [2.45, 2.75) is 27.3 Å². The third kappa shape index (κ3) is 3.82. The minimum atomic E-state index is -0.120. The van der Waals surface area contributed by atoms with Gasteiger partial charge in [-0.15, -0.1) is 11.3 Å². The van der Waals surface area contributed by atoms with Crippen LogP contribution in [-0.2, 0) is 11.3 Å². The largest absolute Gasteiger partial charge is 0.454 e. The molecule has 136 valence electrons. The summed E-state index contributed by atoms with van der Waals surface area (Å²) < 4.78 is 10.7. The topological polar surface area (TPSA) is 74.6 Å². The fourth-order valence-electron chi connectivity index (χ4n) is 2.80. The molecule has 0 radical (unpaired) electrons. The second-order valence-corrected chi connectivity index (χ2v) is 7.36. The highest BCUT2D eigenvalue weighted by molar-refractivity contribution is 7.16. The van der Waals surface area contributed by atoms with Gasteiger partial charge in [0.15, 0.2) is 11.5 Å². The number of rotatable bonds is 6. The van der Waals surface area contributed by atoms with Crippen LogP contribution < -0.4 is 14.8 Å². The lowest BCUT2D eigenvalue weighted by atomic mass is 10.2. The first kappa shape index (κ1) is 18.2. The van der Waals surface area contributed by atoms with E-state index in [1.807, 2.05) is 43.9 Å². The van der Waals surface area contributed by atoms with Crippen LogP contribution in [0.3, 0.4) is 0 Å². The zero-order valence-corrected chi connectivity index (χ0v) is 15.9. The number of benzene rings is 1. The molecule has 0 saturated heterocycles. The van der Waals surface area contributed by atoms with Crippen LogP contribution >= 0.6 is 11.3 Å². The first-order valence-corrected chi connectivity index (χ1v) is 9.24. The van der Waals surface area contributed by atoms with Crippen LogP contribution in [0.2, 0.25) is 0 Å². The van der Waals surface area contributed by atoms with E-state index in [0.717, 1.165) is 34.0 Å². The quantitative estimate of drug-likeness (QED) is 0.842. The number of ether oxygens (including phenoxy) is 2. The first-order valence-electron chi connectivity index (χ1n) is 8.42. The average molecular weight is 371 g/mol. The number of carbonyl (C=O) groups is 1. The lowest BCUT2D eigenvalue weighted by Gasteiger charge is -2.20. The number of hydrogen-bond donors (Lipinski definition) is 1. The number of nitriles is 1. The van der Waals surface area contributed by atoms with Gasteiger partial charge in [-0.2, -0.15) is 5.26 Å². The molecule has 26 heavy (non-hydrogen) atoms. The molecule has 0 unspecified atom stereocenters. The summed E-state index contributed by atoms with van der Waals surface area (Å²) in [5, 5.41) is 12.8. The highest BCUT2D eigenvalue weighted by Gasteiger charge is 2.18. The summed E-state index contributed by atoms with van der Waals surface area (Å²) in [6, 6.07) is 8.00. The van der Waals surface area contributed by atoms with Gasteiger partial charge in [0.2, 0.25) is 12.7 Å². The van der Waals surface area contributed by atoms with E-state index in [0.29, 0.717) is 17.1 Å². The Hall–Kier alpha value is -2.56. The van der Waals surface area contributed by atoms with Crippen LogP contribution in [-0.4, -0.2) is 30.7 Å². The van der Waals surface area contributed by atoms with E-state index in [4.69, 9.17) is 9.47 Å². The predicted octanol–water partition coefficient (Wildman–Crippen LogP) is 3.43. The van der Waals surface area contributed by atoms with Crippen LogP contribution in [0.4, 0.5) is 5.00 Å². The summed E-state index contributed by atoms with van der Waals surface area (Å²) in [5.74, 6) is 1.37. The highest BCUT2D eigenvalue weighted by Crippen LogP contribution is 2.33. The van der Waals surface area contributed by atoms with Crippen LogP contribution in [0.5, 0.6) is 11.5 Å². The maximum Gasteiger partial charge on any atom is 0.239 e. The van der Waals surface area contributed by atoms with Crippen LogP contribution in [0, 0.1) is 25.2 Å². The molecule has 0 atom stereocenters. The molecule has 1 aromatic carbocycles. The maximum atomic E-state index is 12.4. The Kier molecular flexibility index (Phi) is 5.45. The molecule has 2 heterocycles. The summed E-state index contributed by atoms with van der Waals surface area (Å²) in [5.41, 5.74) is 2.55. The van der Waals surface area contributed by atoms with Crippen molar-refractivity contribution in [1.82, 2.24) is 4.90 Å². The van der Waals surface area contributed by atoms with Crippen LogP contribution in [0.1, 0.15) is 28.5 Å². The molecule has 2 aromatic rings. The summed E-state index contributed by atoms with van der Waals surface area (Å²) >= 11 is 1.44. The Labute approximate surface area is 156 Å². The number of nitrogens with one attached hydrogen (secondary N) is 1. The maximum absolute atomic E-state index is 12.4. The third-order valence-corrected chi connectivity index (χ3v) is 5.53. The van der Waals surface area contributed by atoms with Crippen molar-refractivity contribution in [2.24, 2.45) is 0 Å². The molecule has 0 aliphatic carbocycles. The van der Waals surface area contributed by atoms with Gasteiger partial charge in [-0.3, -0.25) is 9.69 Å². The minimum Gasteiger partial charge on any atom is -0.454 e. The zero-order valence-electron chi connectivity index (χ0n) is 15.1. The number of likely N-dealkylation sites (N-methyl/N-ethyl adjacent to an activating group) is 1. The van der Waals surface area contributed by atoms with Crippen LogP contribution in [0.15, 0.2) is 18.2 Å². The second kappa shape index (κ2) is 7.77. The summed E-state index contributed by atoms with van der Waals surface area (Å²) in [6.07, 6.45) is 0. The van der Waals surface area contributed by atoms with Crippen molar-refractivity contribution >= 4 is 22.2 Å². The zero-order chi connectivity index (χ0) is 18.7. The Morgan fingerprint density at radius 2 is 2.12 bits per heavy atom. The summed E-state index contributed by atoms with van der Waals surface area (Å²) in [6.45, 7) is 7.74. The molecule has 1 amide bonds. The molecule has 3 rings (SSSR count). The van der Waals surface area contributed by atoms with Gasteiger partial charge in [-0.25, -0.2) is 0 Å². The molecule has 0 saturated carbocycles. The number of thiophene rings is 1. The van der Waals surface area contributed by atoms with Gasteiger partial charge in [0.25, 0.3) is 0 Å². The van der Waals surface area contributed by atoms with Crippen molar-refractivity contribution in [2.75, 3.05) is 25.2 Å². The fourth-order valence-corrected chi connectivity index (χ4v) is 3.82. The number of hydrogen-bond acceptors (Lipinski definition) is 6. The number of amides is 1. The molecule has 1 aliphatic rings. The Balaban J connectivity index is 1.64. The number of fused-ring (bicyclic) bond motifs is 1. The normalized spacial score (nSPS) is 12.3. The van der Waals surface area contributed by atoms with Crippen molar-refractivity contribution in [1.29, 1.82) is 5.26 Å². The second-order valence-electron chi connectivity index (χ2n) is 6.14. The lowest BCUT2D eigenvalue weighted by Crippen LogP contribution is -2.32. The van der Waals surface area contributed by atoms with E-state index in [-0.39, 0.29) is 19.2 Å². The van der Waals surface area contributed by atoms with Gasteiger partial charge in [0, 0.05) is 11.4 Å². The fraction of sp³-hybridized carbons (Fsp3) is 0.368. The van der Waals surface area contributed by atoms with E-state index in [1.54, 1.807) is 0 Å². The number of carbonyl (C=O) groups excluding carboxylic acids is 1. The van der Waals surface area contributed by atoms with E-state index >= 15 is 0 Å². The molecule has 6 nitrogen and oxygen atoms in total. The predicted molar refractivity (Wildman–Crippen MR) is 101 cm³/mol. The lowest BCUT2D eigenvalue weighted by molar-refractivity contribution is -0.117. The molecular weight excluding hydrogens is 350 g/mol. The molecule has 0 spiro atoms. The van der Waals surface area contributed by atoms with Gasteiger partial charge in [-0.1, -0.05) is 13.0 Å². The first-order chi connectivity index (χ1) is 12.5. The molecule has 0 bridgehead atoms. The van der Waals surface area contributed by atoms with Gasteiger partial charge in [0.1, 0.15) is 11.1 Å². The van der Waals surface area contributed by atoms with Gasteiger partial charge >= 0.3 is 0 Å². The monoisotopic (exact) mass is 371 g/mol. The van der Waals surface area contributed by atoms with E-state index in [1.165, 1.54) is 11.3 Å². The molecule has 1 aliphatic heterocycles. The van der Waals surface area contributed by atoms with Crippen molar-refractivity contribution in [3.05, 3.63) is 39.8 Å². The molecule has 0 fully saturated rings. The SMILES string of the molecule is CCN(CC(=O)Nc1sc(C)c(C)c1C#N)Cc1ccc2c(c1)OCO2. The minimum absolute atomic E-state index is 0.120. The Bertz CT molecular complexity index is 870. The van der Waals surface area contributed by atoms with Crippen molar-refractivity contribution in [3.8, 4) is 17.6 Å². The molecular formula is C19H21N3O3S. The van der Waals surface area contributed by atoms with Gasteiger partial charge in [-0.05, 0) is 43.7 Å². The van der Waals surface area contributed by atoms with Crippen molar-refractivity contribution in [3.63, 3.8) is 0 Å². The Morgan fingerprint density at radius 3 is 2.85 bits per heavy atom. The van der Waals surface area contributed by atoms with Crippen LogP contribution in [0.25, 0.3) is 0 Å².